The van der Waals surface area contributed by atoms with Gasteiger partial charge in [0.25, 0.3) is 5.91 Å². The molecule has 0 radical (unpaired) electrons. The second kappa shape index (κ2) is 7.43. The number of amides is 1. The van der Waals surface area contributed by atoms with Crippen LogP contribution in [0.15, 0.2) is 35.5 Å². The van der Waals surface area contributed by atoms with Gasteiger partial charge >= 0.3 is 12.3 Å². The summed E-state index contributed by atoms with van der Waals surface area (Å²) < 4.78 is 45.3. The number of hydrogen-bond donors (Lipinski definition) is 2. The molecule has 0 aromatic heterocycles. The van der Waals surface area contributed by atoms with Gasteiger partial charge < -0.3 is 24.8 Å². The van der Waals surface area contributed by atoms with Crippen molar-refractivity contribution in [2.24, 2.45) is 0 Å². The molecule has 1 aromatic carbocycles. The second-order valence-electron chi connectivity index (χ2n) is 5.00. The summed E-state index contributed by atoms with van der Waals surface area (Å²) in [5, 5.41) is 11.6. The maximum atomic E-state index is 12.3. The van der Waals surface area contributed by atoms with E-state index in [0.29, 0.717) is 0 Å². The zero-order chi connectivity index (χ0) is 18.6. The number of hydrogen-bond acceptors (Lipinski definition) is 6. The van der Waals surface area contributed by atoms with Gasteiger partial charge in [0, 0.05) is 18.3 Å². The summed E-state index contributed by atoms with van der Waals surface area (Å²) in [4.78, 5) is 25.4. The molecule has 0 fully saturated rings. The van der Waals surface area contributed by atoms with Gasteiger partial charge in [-0.15, -0.1) is 13.2 Å². The van der Waals surface area contributed by atoms with Crippen LogP contribution in [0.25, 0.3) is 0 Å². The average molecular weight is 360 g/mol. The van der Waals surface area contributed by atoms with Crippen molar-refractivity contribution in [2.75, 3.05) is 32.1 Å². The Bertz CT molecular complexity index is 703. The van der Waals surface area contributed by atoms with Gasteiger partial charge in [0.05, 0.1) is 25.8 Å². The predicted molar refractivity (Wildman–Crippen MR) is 79.5 cm³/mol. The van der Waals surface area contributed by atoms with Crippen LogP contribution < -0.4 is 10.1 Å². The standard InChI is InChI=1S/C15H15F3N2O5/c1-24-14(23)11-8-20(5-6-21)13(22)12(11)19-9-3-2-4-10(7-9)25-15(16,17)18/h2-4,7,19,21H,5-6,8H2,1H3. The topological polar surface area (TPSA) is 88.1 Å². The number of carbonyl (C=O) groups excluding carboxylic acids is 2. The molecule has 2 N–H and O–H groups in total. The average Bonchev–Trinajstić information content (AvgIpc) is 2.83. The minimum atomic E-state index is -4.85. The monoisotopic (exact) mass is 360 g/mol. The molecule has 0 saturated carbocycles. The summed E-state index contributed by atoms with van der Waals surface area (Å²) >= 11 is 0. The number of carbonyl (C=O) groups is 2. The van der Waals surface area contributed by atoms with Gasteiger partial charge in [0.2, 0.25) is 0 Å². The molecule has 10 heteroatoms. The zero-order valence-electron chi connectivity index (χ0n) is 13.1. The number of anilines is 1. The fraction of sp³-hybridized carbons (Fsp3) is 0.333. The predicted octanol–water partition coefficient (Wildman–Crippen LogP) is 1.26. The molecule has 0 unspecified atom stereocenters. The van der Waals surface area contributed by atoms with E-state index in [-0.39, 0.29) is 36.7 Å². The molecule has 0 spiro atoms. The molecule has 0 bridgehead atoms. The number of ether oxygens (including phenoxy) is 2. The molecule has 1 aromatic rings. The molecule has 0 atom stereocenters. The van der Waals surface area contributed by atoms with Gasteiger partial charge in [-0.3, -0.25) is 4.79 Å². The van der Waals surface area contributed by atoms with Crippen LogP contribution in [0.2, 0.25) is 0 Å². The molecule has 1 aliphatic rings. The molecule has 0 aliphatic carbocycles. The summed E-state index contributed by atoms with van der Waals surface area (Å²) in [7, 11) is 1.14. The number of methoxy groups -OCH3 is 1. The lowest BCUT2D eigenvalue weighted by Gasteiger charge is -2.15. The minimum absolute atomic E-state index is 0.00172. The van der Waals surface area contributed by atoms with E-state index >= 15 is 0 Å². The molecule has 7 nitrogen and oxygen atoms in total. The fourth-order valence-corrected chi connectivity index (χ4v) is 2.26. The van der Waals surface area contributed by atoms with Crippen molar-refractivity contribution in [1.29, 1.82) is 0 Å². The highest BCUT2D eigenvalue weighted by molar-refractivity contribution is 6.08. The summed E-state index contributed by atoms with van der Waals surface area (Å²) in [5.41, 5.74) is 0.0184. The molecular formula is C15H15F3N2O5. The number of esters is 1. The van der Waals surface area contributed by atoms with Crippen LogP contribution in [-0.4, -0.2) is 55.1 Å². The molecule has 1 heterocycles. The lowest BCUT2D eigenvalue weighted by atomic mass is 10.2. The molecule has 136 valence electrons. The number of aliphatic hydroxyl groups is 1. The van der Waals surface area contributed by atoms with E-state index in [2.05, 4.69) is 14.8 Å². The van der Waals surface area contributed by atoms with Crippen molar-refractivity contribution < 1.29 is 37.3 Å². The highest BCUT2D eigenvalue weighted by Gasteiger charge is 2.35. The molecule has 1 amide bonds. The first-order valence-electron chi connectivity index (χ1n) is 7.09. The molecule has 25 heavy (non-hydrogen) atoms. The van der Waals surface area contributed by atoms with Crippen LogP contribution in [0.5, 0.6) is 5.75 Å². The van der Waals surface area contributed by atoms with Crippen LogP contribution in [0.3, 0.4) is 0 Å². The van der Waals surface area contributed by atoms with Crippen molar-refractivity contribution in [3.05, 3.63) is 35.5 Å². The minimum Gasteiger partial charge on any atom is -0.466 e. The van der Waals surface area contributed by atoms with E-state index < -0.39 is 24.0 Å². The van der Waals surface area contributed by atoms with Gasteiger partial charge in [-0.1, -0.05) is 6.07 Å². The second-order valence-corrected chi connectivity index (χ2v) is 5.00. The summed E-state index contributed by atoms with van der Waals surface area (Å²) in [6.07, 6.45) is -4.85. The van der Waals surface area contributed by atoms with Gasteiger partial charge in [-0.25, -0.2) is 4.79 Å². The van der Waals surface area contributed by atoms with Crippen molar-refractivity contribution >= 4 is 17.6 Å². The fourth-order valence-electron chi connectivity index (χ4n) is 2.26. The Morgan fingerprint density at radius 1 is 1.40 bits per heavy atom. The number of β-amino-alcohol motifs (C(OH)–C–C–N with tert-alkyl or cyclic N) is 1. The van der Waals surface area contributed by atoms with E-state index in [4.69, 9.17) is 5.11 Å². The van der Waals surface area contributed by atoms with Gasteiger partial charge in [0.15, 0.2) is 0 Å². The Balaban J connectivity index is 2.27. The number of halogens is 3. The third kappa shape index (κ3) is 4.63. The SMILES string of the molecule is COC(=O)C1=C(Nc2cccc(OC(F)(F)F)c2)C(=O)N(CCO)C1. The maximum absolute atomic E-state index is 12.3. The lowest BCUT2D eigenvalue weighted by molar-refractivity contribution is -0.274. The number of aliphatic hydroxyl groups excluding tert-OH is 1. The van der Waals surface area contributed by atoms with E-state index in [1.165, 1.54) is 17.0 Å². The number of nitrogens with one attached hydrogen (secondary N) is 1. The Hall–Kier alpha value is -2.75. The molecule has 2 rings (SSSR count). The Morgan fingerprint density at radius 2 is 2.12 bits per heavy atom. The summed E-state index contributed by atoms with van der Waals surface area (Å²) in [5.74, 6) is -1.80. The van der Waals surface area contributed by atoms with Crippen LogP contribution in [0, 0.1) is 0 Å². The third-order valence-corrected chi connectivity index (χ3v) is 3.29. The molecule has 1 aliphatic heterocycles. The Morgan fingerprint density at radius 3 is 2.72 bits per heavy atom. The third-order valence-electron chi connectivity index (χ3n) is 3.29. The van der Waals surface area contributed by atoms with Crippen LogP contribution in [0.4, 0.5) is 18.9 Å². The Kier molecular flexibility index (Phi) is 5.52. The van der Waals surface area contributed by atoms with E-state index in [9.17, 15) is 22.8 Å². The van der Waals surface area contributed by atoms with E-state index in [1.807, 2.05) is 0 Å². The van der Waals surface area contributed by atoms with Crippen LogP contribution in [-0.2, 0) is 14.3 Å². The molecule has 0 saturated heterocycles. The zero-order valence-corrected chi connectivity index (χ0v) is 13.1. The Labute approximate surface area is 140 Å². The van der Waals surface area contributed by atoms with Crippen molar-refractivity contribution in [3.8, 4) is 5.75 Å². The van der Waals surface area contributed by atoms with Gasteiger partial charge in [-0.2, -0.15) is 0 Å². The van der Waals surface area contributed by atoms with Crippen molar-refractivity contribution in [2.45, 2.75) is 6.36 Å². The first-order valence-corrected chi connectivity index (χ1v) is 7.09. The first-order chi connectivity index (χ1) is 11.7. The number of alkyl halides is 3. The van der Waals surface area contributed by atoms with Crippen LogP contribution >= 0.6 is 0 Å². The number of rotatable bonds is 6. The summed E-state index contributed by atoms with van der Waals surface area (Å²) in [6, 6.07) is 4.85. The lowest BCUT2D eigenvalue weighted by Crippen LogP contribution is -2.31. The van der Waals surface area contributed by atoms with Crippen LogP contribution in [0.1, 0.15) is 0 Å². The number of nitrogens with zero attached hydrogens (tertiary/aromatic N) is 1. The first kappa shape index (κ1) is 18.6. The normalized spacial score (nSPS) is 14.8. The highest BCUT2D eigenvalue weighted by atomic mass is 19.4. The number of benzene rings is 1. The quantitative estimate of drug-likeness (QED) is 0.743. The molecular weight excluding hydrogens is 345 g/mol. The van der Waals surface area contributed by atoms with Crippen molar-refractivity contribution in [3.63, 3.8) is 0 Å². The summed E-state index contributed by atoms with van der Waals surface area (Å²) in [6.45, 7) is -0.378. The van der Waals surface area contributed by atoms with Gasteiger partial charge in [0.1, 0.15) is 11.4 Å². The maximum Gasteiger partial charge on any atom is 0.573 e. The highest BCUT2D eigenvalue weighted by Crippen LogP contribution is 2.27. The van der Waals surface area contributed by atoms with E-state index in [1.54, 1.807) is 0 Å². The van der Waals surface area contributed by atoms with E-state index in [0.717, 1.165) is 19.2 Å². The largest absolute Gasteiger partial charge is 0.573 e. The van der Waals surface area contributed by atoms with Gasteiger partial charge in [-0.05, 0) is 12.1 Å². The van der Waals surface area contributed by atoms with Crippen molar-refractivity contribution in [1.82, 2.24) is 4.90 Å². The smallest absolute Gasteiger partial charge is 0.466 e.